The lowest BCUT2D eigenvalue weighted by atomic mass is 10.0. The summed E-state index contributed by atoms with van der Waals surface area (Å²) in [7, 11) is 1.61. The summed E-state index contributed by atoms with van der Waals surface area (Å²) in [6.45, 7) is 6.71. The van der Waals surface area contributed by atoms with Crippen molar-refractivity contribution in [2.75, 3.05) is 26.9 Å². The second kappa shape index (κ2) is 10.9. The summed E-state index contributed by atoms with van der Waals surface area (Å²) in [5.41, 5.74) is 3.58. The number of aryl methyl sites for hydroxylation is 1. The SMILES string of the molecule is COc1cccc(-c2nnc3ccc(OCCNC(=O)COc4cc(C)ccc4C(C)C)nn23)c1. The number of fused-ring (bicyclic) bond motifs is 1. The van der Waals surface area contributed by atoms with Gasteiger partial charge < -0.3 is 19.5 Å². The van der Waals surface area contributed by atoms with Gasteiger partial charge >= 0.3 is 0 Å². The highest BCUT2D eigenvalue weighted by atomic mass is 16.5. The van der Waals surface area contributed by atoms with Gasteiger partial charge in [0.05, 0.1) is 13.7 Å². The first kappa shape index (κ1) is 24.0. The van der Waals surface area contributed by atoms with Crippen molar-refractivity contribution in [2.24, 2.45) is 0 Å². The number of rotatable bonds is 10. The Bertz CT molecular complexity index is 1320. The van der Waals surface area contributed by atoms with Gasteiger partial charge in [-0.05, 0) is 48.2 Å². The van der Waals surface area contributed by atoms with Gasteiger partial charge in [-0.25, -0.2) is 0 Å². The smallest absolute Gasteiger partial charge is 0.258 e. The maximum atomic E-state index is 12.2. The van der Waals surface area contributed by atoms with Crippen molar-refractivity contribution in [1.29, 1.82) is 0 Å². The maximum Gasteiger partial charge on any atom is 0.258 e. The van der Waals surface area contributed by atoms with Gasteiger partial charge in [0.2, 0.25) is 5.88 Å². The molecule has 2 aromatic carbocycles. The molecule has 0 aliphatic heterocycles. The number of aromatic nitrogens is 4. The van der Waals surface area contributed by atoms with Gasteiger partial charge in [-0.2, -0.15) is 4.52 Å². The predicted molar refractivity (Wildman–Crippen MR) is 132 cm³/mol. The Morgan fingerprint density at radius 2 is 1.91 bits per heavy atom. The molecule has 1 amide bonds. The molecule has 0 atom stereocenters. The van der Waals surface area contributed by atoms with Gasteiger partial charge in [0, 0.05) is 11.6 Å². The third kappa shape index (κ3) is 5.87. The second-order valence-corrected chi connectivity index (χ2v) is 8.38. The van der Waals surface area contributed by atoms with Crippen LogP contribution in [0.15, 0.2) is 54.6 Å². The Morgan fingerprint density at radius 1 is 1.06 bits per heavy atom. The molecule has 2 heterocycles. The first-order valence-corrected chi connectivity index (χ1v) is 11.4. The zero-order valence-electron chi connectivity index (χ0n) is 20.3. The molecule has 182 valence electrons. The van der Waals surface area contributed by atoms with Crippen LogP contribution in [0.1, 0.15) is 30.9 Å². The third-order valence-corrected chi connectivity index (χ3v) is 5.39. The van der Waals surface area contributed by atoms with E-state index >= 15 is 0 Å². The van der Waals surface area contributed by atoms with Crippen LogP contribution in [0.2, 0.25) is 0 Å². The van der Waals surface area contributed by atoms with Gasteiger partial charge in [-0.1, -0.05) is 38.1 Å². The number of hydrogen-bond donors (Lipinski definition) is 1. The van der Waals surface area contributed by atoms with Crippen LogP contribution in [-0.2, 0) is 4.79 Å². The fourth-order valence-electron chi connectivity index (χ4n) is 3.58. The molecule has 0 unspecified atom stereocenters. The van der Waals surface area contributed by atoms with Gasteiger partial charge in [0.15, 0.2) is 18.1 Å². The summed E-state index contributed by atoms with van der Waals surface area (Å²) in [5.74, 6) is 2.52. The number of hydrogen-bond acceptors (Lipinski definition) is 7. The Balaban J connectivity index is 1.31. The minimum absolute atomic E-state index is 0.0576. The number of carbonyl (C=O) groups excluding carboxylic acids is 1. The highest BCUT2D eigenvalue weighted by molar-refractivity contribution is 5.77. The standard InChI is InChI=1S/C26H29N5O4/c1-17(2)21-9-8-18(3)14-22(21)35-16-24(32)27-12-13-34-25-11-10-23-28-29-26(31(23)30-25)19-6-5-7-20(15-19)33-4/h5-11,14-15,17H,12-13,16H2,1-4H3,(H,27,32). The van der Waals surface area contributed by atoms with Crippen LogP contribution >= 0.6 is 0 Å². The van der Waals surface area contributed by atoms with Crippen molar-refractivity contribution in [2.45, 2.75) is 26.7 Å². The molecule has 0 fully saturated rings. The fraction of sp³-hybridized carbons (Fsp3) is 0.308. The molecule has 0 aliphatic rings. The number of carbonyl (C=O) groups is 1. The van der Waals surface area contributed by atoms with Crippen molar-refractivity contribution in [1.82, 2.24) is 25.1 Å². The number of methoxy groups -OCH3 is 1. The quantitative estimate of drug-likeness (QED) is 0.348. The Labute approximate surface area is 204 Å². The number of benzene rings is 2. The monoisotopic (exact) mass is 475 g/mol. The van der Waals surface area contributed by atoms with Crippen molar-refractivity contribution < 1.29 is 19.0 Å². The van der Waals surface area contributed by atoms with E-state index in [2.05, 4.69) is 34.5 Å². The van der Waals surface area contributed by atoms with Gasteiger partial charge in [-0.3, -0.25) is 4.79 Å². The molecule has 0 radical (unpaired) electrons. The molecular formula is C26H29N5O4. The fourth-order valence-corrected chi connectivity index (χ4v) is 3.58. The first-order chi connectivity index (χ1) is 16.9. The Morgan fingerprint density at radius 3 is 2.71 bits per heavy atom. The van der Waals surface area contributed by atoms with Crippen LogP contribution in [-0.4, -0.2) is 52.6 Å². The molecule has 0 saturated carbocycles. The van der Waals surface area contributed by atoms with E-state index in [1.807, 2.05) is 49.4 Å². The van der Waals surface area contributed by atoms with E-state index in [1.54, 1.807) is 23.8 Å². The maximum absolute atomic E-state index is 12.2. The lowest BCUT2D eigenvalue weighted by Gasteiger charge is -2.15. The molecule has 2 aromatic heterocycles. The number of ether oxygens (including phenoxy) is 3. The van der Waals surface area contributed by atoms with Crippen LogP contribution in [0.4, 0.5) is 0 Å². The summed E-state index contributed by atoms with van der Waals surface area (Å²) < 4.78 is 18.4. The summed E-state index contributed by atoms with van der Waals surface area (Å²) >= 11 is 0. The summed E-state index contributed by atoms with van der Waals surface area (Å²) in [6, 6.07) is 17.1. The zero-order valence-corrected chi connectivity index (χ0v) is 20.3. The highest BCUT2D eigenvalue weighted by Gasteiger charge is 2.12. The zero-order chi connectivity index (χ0) is 24.8. The van der Waals surface area contributed by atoms with E-state index in [-0.39, 0.29) is 19.1 Å². The third-order valence-electron chi connectivity index (χ3n) is 5.39. The van der Waals surface area contributed by atoms with E-state index in [4.69, 9.17) is 14.2 Å². The molecule has 4 aromatic rings. The molecule has 9 nitrogen and oxygen atoms in total. The number of amides is 1. The number of nitrogens with zero attached hydrogens (tertiary/aromatic N) is 4. The van der Waals surface area contributed by atoms with Crippen LogP contribution in [0.25, 0.3) is 17.0 Å². The molecule has 0 aliphatic carbocycles. The molecular weight excluding hydrogens is 446 g/mol. The molecule has 35 heavy (non-hydrogen) atoms. The second-order valence-electron chi connectivity index (χ2n) is 8.38. The van der Waals surface area contributed by atoms with Crippen molar-refractivity contribution in [3.8, 4) is 28.8 Å². The van der Waals surface area contributed by atoms with Crippen LogP contribution in [0.3, 0.4) is 0 Å². The average molecular weight is 476 g/mol. The molecule has 9 heteroatoms. The topological polar surface area (TPSA) is 99.9 Å². The average Bonchev–Trinajstić information content (AvgIpc) is 3.28. The molecule has 0 saturated heterocycles. The Kier molecular flexibility index (Phi) is 7.45. The molecule has 4 rings (SSSR count). The van der Waals surface area contributed by atoms with E-state index in [9.17, 15) is 4.79 Å². The van der Waals surface area contributed by atoms with Crippen LogP contribution in [0.5, 0.6) is 17.4 Å². The predicted octanol–water partition coefficient (Wildman–Crippen LogP) is 3.81. The van der Waals surface area contributed by atoms with Gasteiger partial charge in [0.1, 0.15) is 18.1 Å². The molecule has 0 bridgehead atoms. The van der Waals surface area contributed by atoms with Gasteiger partial charge in [-0.15, -0.1) is 15.3 Å². The minimum atomic E-state index is -0.215. The summed E-state index contributed by atoms with van der Waals surface area (Å²) in [4.78, 5) is 12.2. The largest absolute Gasteiger partial charge is 0.497 e. The first-order valence-electron chi connectivity index (χ1n) is 11.4. The van der Waals surface area contributed by atoms with Gasteiger partial charge in [0.25, 0.3) is 5.91 Å². The minimum Gasteiger partial charge on any atom is -0.497 e. The molecule has 0 spiro atoms. The highest BCUT2D eigenvalue weighted by Crippen LogP contribution is 2.27. The van der Waals surface area contributed by atoms with Crippen molar-refractivity contribution in [3.05, 3.63) is 65.7 Å². The van der Waals surface area contributed by atoms with E-state index < -0.39 is 0 Å². The van der Waals surface area contributed by atoms with E-state index in [0.717, 1.165) is 22.4 Å². The van der Waals surface area contributed by atoms with Crippen LogP contribution in [0, 0.1) is 6.92 Å². The van der Waals surface area contributed by atoms with E-state index in [0.29, 0.717) is 35.6 Å². The molecule has 1 N–H and O–H groups in total. The lowest BCUT2D eigenvalue weighted by molar-refractivity contribution is -0.123. The summed E-state index contributed by atoms with van der Waals surface area (Å²) in [5, 5.41) is 15.7. The van der Waals surface area contributed by atoms with Crippen LogP contribution < -0.4 is 19.5 Å². The van der Waals surface area contributed by atoms with Crippen molar-refractivity contribution in [3.63, 3.8) is 0 Å². The number of nitrogens with one attached hydrogen (secondary N) is 1. The normalized spacial score (nSPS) is 11.0. The van der Waals surface area contributed by atoms with Crippen molar-refractivity contribution >= 4 is 11.6 Å². The summed E-state index contributed by atoms with van der Waals surface area (Å²) in [6.07, 6.45) is 0. The lowest BCUT2D eigenvalue weighted by Crippen LogP contribution is -2.32. The Hall–Kier alpha value is -4.14. The van der Waals surface area contributed by atoms with E-state index in [1.165, 1.54) is 0 Å².